The minimum atomic E-state index is -3.68. The lowest BCUT2D eigenvalue weighted by Crippen LogP contribution is -2.17. The molecule has 2 N–H and O–H groups in total. The van der Waals surface area contributed by atoms with Crippen LogP contribution in [0.5, 0.6) is 0 Å². The van der Waals surface area contributed by atoms with Gasteiger partial charge in [0.15, 0.2) is 9.84 Å². The minimum absolute atomic E-state index is 0.0893. The molecule has 0 saturated heterocycles. The fourth-order valence-electron chi connectivity index (χ4n) is 2.10. The van der Waals surface area contributed by atoms with Crippen molar-refractivity contribution >= 4 is 21.2 Å². The fourth-order valence-corrected chi connectivity index (χ4v) is 2.96. The number of nitro groups is 1. The summed E-state index contributed by atoms with van der Waals surface area (Å²) in [6.07, 6.45) is 1.03. The van der Waals surface area contributed by atoms with Crippen LogP contribution in [0, 0.1) is 16.0 Å². The summed E-state index contributed by atoms with van der Waals surface area (Å²) in [6, 6.07) is 4.16. The molecule has 118 valence electrons. The topological polar surface area (TPSA) is 110 Å². The second kappa shape index (κ2) is 6.86. The predicted octanol–water partition coefficient (Wildman–Crippen LogP) is 1.82. The lowest BCUT2D eigenvalue weighted by Gasteiger charge is -2.15. The SMILES string of the molecule is CC(O)CC(C)CNc1cccc(S(C)(=O)=O)c1[N+](=O)[O-]. The number of anilines is 1. The number of hydrogen-bond acceptors (Lipinski definition) is 6. The van der Waals surface area contributed by atoms with Gasteiger partial charge in [0.2, 0.25) is 0 Å². The number of rotatable bonds is 7. The second-order valence-corrected chi connectivity index (χ2v) is 7.24. The monoisotopic (exact) mass is 316 g/mol. The van der Waals surface area contributed by atoms with Gasteiger partial charge in [0, 0.05) is 12.8 Å². The van der Waals surface area contributed by atoms with E-state index < -0.39 is 26.6 Å². The van der Waals surface area contributed by atoms with Crippen molar-refractivity contribution in [2.24, 2.45) is 5.92 Å². The number of aliphatic hydroxyl groups is 1. The van der Waals surface area contributed by atoms with E-state index >= 15 is 0 Å². The maximum absolute atomic E-state index is 11.6. The Morgan fingerprint density at radius 1 is 1.38 bits per heavy atom. The van der Waals surface area contributed by atoms with Crippen LogP contribution in [-0.2, 0) is 9.84 Å². The molecule has 0 heterocycles. The summed E-state index contributed by atoms with van der Waals surface area (Å²) >= 11 is 0. The highest BCUT2D eigenvalue weighted by molar-refractivity contribution is 7.90. The molecule has 21 heavy (non-hydrogen) atoms. The van der Waals surface area contributed by atoms with Gasteiger partial charge in [0.25, 0.3) is 0 Å². The zero-order chi connectivity index (χ0) is 16.2. The molecular weight excluding hydrogens is 296 g/mol. The molecule has 0 fully saturated rings. The Morgan fingerprint density at radius 3 is 2.48 bits per heavy atom. The molecule has 2 atom stereocenters. The van der Waals surface area contributed by atoms with Crippen molar-refractivity contribution < 1.29 is 18.4 Å². The maximum atomic E-state index is 11.6. The molecule has 0 amide bonds. The first-order valence-corrected chi connectivity index (χ1v) is 8.41. The highest BCUT2D eigenvalue weighted by Crippen LogP contribution is 2.32. The van der Waals surface area contributed by atoms with Crippen molar-refractivity contribution in [1.29, 1.82) is 0 Å². The van der Waals surface area contributed by atoms with Crippen molar-refractivity contribution in [1.82, 2.24) is 0 Å². The van der Waals surface area contributed by atoms with Crippen molar-refractivity contribution in [3.05, 3.63) is 28.3 Å². The van der Waals surface area contributed by atoms with Crippen LogP contribution in [0.25, 0.3) is 0 Å². The molecule has 8 heteroatoms. The zero-order valence-corrected chi connectivity index (χ0v) is 13.1. The van der Waals surface area contributed by atoms with E-state index in [0.29, 0.717) is 13.0 Å². The Balaban J connectivity index is 3.06. The van der Waals surface area contributed by atoms with Crippen LogP contribution < -0.4 is 5.32 Å². The first kappa shape index (κ1) is 17.4. The van der Waals surface area contributed by atoms with Crippen molar-refractivity contribution in [2.75, 3.05) is 18.1 Å². The highest BCUT2D eigenvalue weighted by Gasteiger charge is 2.26. The van der Waals surface area contributed by atoms with Gasteiger partial charge in [-0.2, -0.15) is 0 Å². The number of nitro benzene ring substituents is 1. The summed E-state index contributed by atoms with van der Waals surface area (Å²) in [5.74, 6) is 0.0893. The summed E-state index contributed by atoms with van der Waals surface area (Å²) in [5.41, 5.74) is -0.274. The number of benzene rings is 1. The summed E-state index contributed by atoms with van der Waals surface area (Å²) in [7, 11) is -3.68. The van der Waals surface area contributed by atoms with E-state index in [1.807, 2.05) is 6.92 Å². The molecule has 0 spiro atoms. The van der Waals surface area contributed by atoms with Gasteiger partial charge in [-0.1, -0.05) is 13.0 Å². The third-order valence-electron chi connectivity index (χ3n) is 2.97. The number of nitrogens with zero attached hydrogens (tertiary/aromatic N) is 1. The number of aliphatic hydroxyl groups excluding tert-OH is 1. The number of hydrogen-bond donors (Lipinski definition) is 2. The minimum Gasteiger partial charge on any atom is -0.393 e. The first-order valence-electron chi connectivity index (χ1n) is 6.52. The molecule has 0 aliphatic rings. The molecule has 0 aliphatic carbocycles. The lowest BCUT2D eigenvalue weighted by molar-refractivity contribution is -0.386. The van der Waals surface area contributed by atoms with E-state index in [0.717, 1.165) is 6.26 Å². The van der Waals surface area contributed by atoms with Crippen LogP contribution in [0.15, 0.2) is 23.1 Å². The van der Waals surface area contributed by atoms with Gasteiger partial charge >= 0.3 is 5.69 Å². The molecule has 2 unspecified atom stereocenters. The van der Waals surface area contributed by atoms with Crippen LogP contribution >= 0.6 is 0 Å². The summed E-state index contributed by atoms with van der Waals surface area (Å²) in [6.45, 7) is 3.97. The molecule has 0 bridgehead atoms. The second-order valence-electron chi connectivity index (χ2n) is 5.25. The molecule has 0 aliphatic heterocycles. The van der Waals surface area contributed by atoms with Crippen molar-refractivity contribution in [2.45, 2.75) is 31.3 Å². The van der Waals surface area contributed by atoms with Gasteiger partial charge in [-0.3, -0.25) is 10.1 Å². The van der Waals surface area contributed by atoms with E-state index in [1.54, 1.807) is 6.92 Å². The normalized spacial score (nSPS) is 14.5. The largest absolute Gasteiger partial charge is 0.393 e. The molecule has 1 aromatic rings. The average molecular weight is 316 g/mol. The predicted molar refractivity (Wildman–Crippen MR) is 80.2 cm³/mol. The van der Waals surface area contributed by atoms with Crippen molar-refractivity contribution in [3.8, 4) is 0 Å². The van der Waals surface area contributed by atoms with Crippen LogP contribution in [0.2, 0.25) is 0 Å². The Kier molecular flexibility index (Phi) is 5.68. The summed E-state index contributed by atoms with van der Waals surface area (Å²) in [5, 5.41) is 23.4. The standard InChI is InChI=1S/C13H20N2O5S/c1-9(7-10(2)16)8-14-11-5-4-6-12(21(3,19)20)13(11)15(17)18/h4-6,9-10,14,16H,7-8H2,1-3H3. The molecule has 0 radical (unpaired) electrons. The van der Waals surface area contributed by atoms with Gasteiger partial charge < -0.3 is 10.4 Å². The van der Waals surface area contributed by atoms with Crippen LogP contribution in [0.3, 0.4) is 0 Å². The van der Waals surface area contributed by atoms with Crippen molar-refractivity contribution in [3.63, 3.8) is 0 Å². The zero-order valence-electron chi connectivity index (χ0n) is 12.2. The van der Waals surface area contributed by atoms with Crippen LogP contribution in [0.4, 0.5) is 11.4 Å². The van der Waals surface area contributed by atoms with E-state index in [1.165, 1.54) is 18.2 Å². The number of para-hydroxylation sites is 1. The van der Waals surface area contributed by atoms with Gasteiger partial charge in [-0.25, -0.2) is 8.42 Å². The smallest absolute Gasteiger partial charge is 0.310 e. The molecule has 1 rings (SSSR count). The van der Waals surface area contributed by atoms with Crippen LogP contribution in [0.1, 0.15) is 20.3 Å². The molecule has 7 nitrogen and oxygen atoms in total. The maximum Gasteiger partial charge on any atom is 0.310 e. The van der Waals surface area contributed by atoms with Crippen LogP contribution in [-0.4, -0.2) is 37.4 Å². The molecule has 0 saturated carbocycles. The Morgan fingerprint density at radius 2 is 2.00 bits per heavy atom. The third kappa shape index (κ3) is 4.98. The Bertz CT molecular complexity index is 613. The number of sulfone groups is 1. The van der Waals surface area contributed by atoms with E-state index in [4.69, 9.17) is 0 Å². The molecular formula is C13H20N2O5S. The van der Waals surface area contributed by atoms with Gasteiger partial charge in [-0.05, 0) is 31.4 Å². The van der Waals surface area contributed by atoms with Gasteiger partial charge in [0.1, 0.15) is 10.6 Å². The molecule has 0 aromatic heterocycles. The quantitative estimate of drug-likeness (QED) is 0.586. The summed E-state index contributed by atoms with van der Waals surface area (Å²) in [4.78, 5) is 10.2. The first-order chi connectivity index (χ1) is 9.62. The van der Waals surface area contributed by atoms with E-state index in [9.17, 15) is 23.6 Å². The Hall–Kier alpha value is -1.67. The lowest BCUT2D eigenvalue weighted by atomic mass is 10.0. The van der Waals surface area contributed by atoms with E-state index in [-0.39, 0.29) is 16.5 Å². The highest BCUT2D eigenvalue weighted by atomic mass is 32.2. The summed E-state index contributed by atoms with van der Waals surface area (Å²) < 4.78 is 23.3. The van der Waals surface area contributed by atoms with Gasteiger partial charge in [0.05, 0.1) is 11.0 Å². The van der Waals surface area contributed by atoms with E-state index in [2.05, 4.69) is 5.32 Å². The van der Waals surface area contributed by atoms with Gasteiger partial charge in [-0.15, -0.1) is 0 Å². The molecule has 1 aromatic carbocycles. The number of nitrogens with one attached hydrogen (secondary N) is 1. The fraction of sp³-hybridized carbons (Fsp3) is 0.538. The average Bonchev–Trinajstić information content (AvgIpc) is 2.33. The third-order valence-corrected chi connectivity index (χ3v) is 4.09. The Labute approximate surface area is 124 Å².